The molecule has 0 saturated heterocycles. The van der Waals surface area contributed by atoms with Gasteiger partial charge < -0.3 is 41.3 Å². The number of phenolic OH excluding ortho intramolecular Hbond substituents is 2. The summed E-state index contributed by atoms with van der Waals surface area (Å²) in [6.07, 6.45) is 0.441. The molecule has 62 heavy (non-hydrogen) atoms. The van der Waals surface area contributed by atoms with Crippen LogP contribution in [0.25, 0.3) is 0 Å². The van der Waals surface area contributed by atoms with Crippen molar-refractivity contribution in [3.05, 3.63) is 167 Å². The highest BCUT2D eigenvalue weighted by molar-refractivity contribution is 5.96. The number of phenols is 2. The number of amides is 5. The lowest BCUT2D eigenvalue weighted by molar-refractivity contribution is -0.153. The van der Waals surface area contributed by atoms with Gasteiger partial charge in [-0.25, -0.2) is 0 Å². The van der Waals surface area contributed by atoms with Crippen molar-refractivity contribution in [3.63, 3.8) is 0 Å². The second-order valence-corrected chi connectivity index (χ2v) is 15.7. The van der Waals surface area contributed by atoms with E-state index in [2.05, 4.69) is 0 Å². The predicted octanol–water partition coefficient (Wildman–Crippen LogP) is 3.73. The summed E-state index contributed by atoms with van der Waals surface area (Å²) in [5.41, 5.74) is 15.9. The Labute approximate surface area is 363 Å². The maximum atomic E-state index is 15.1. The molecule has 0 aromatic heterocycles. The third-order valence-corrected chi connectivity index (χ3v) is 11.3. The molecule has 5 rings (SSSR count). The van der Waals surface area contributed by atoms with Crippen LogP contribution in [-0.4, -0.2) is 118 Å². The number of nitrogens with zero attached hydrogens (tertiary/aromatic N) is 4. The normalized spacial score (nSPS) is 13.4. The smallest absolute Gasteiger partial charge is 0.246 e. The molecular formula is C49H56N6O7. The Bertz CT molecular complexity index is 2280. The summed E-state index contributed by atoms with van der Waals surface area (Å²) in [5.74, 6) is -3.52. The van der Waals surface area contributed by atoms with E-state index in [4.69, 9.17) is 11.5 Å². The van der Waals surface area contributed by atoms with Crippen LogP contribution in [-0.2, 0) is 56.1 Å². The summed E-state index contributed by atoms with van der Waals surface area (Å²) in [6.45, 7) is 0. The zero-order chi connectivity index (χ0) is 44.9. The molecule has 0 aliphatic rings. The van der Waals surface area contributed by atoms with E-state index >= 15 is 4.79 Å². The quantitative estimate of drug-likeness (QED) is 0.0905. The third-order valence-electron chi connectivity index (χ3n) is 11.3. The molecule has 0 spiro atoms. The summed E-state index contributed by atoms with van der Waals surface area (Å²) >= 11 is 0. The summed E-state index contributed by atoms with van der Waals surface area (Å²) in [5, 5.41) is 19.8. The monoisotopic (exact) mass is 840 g/mol. The van der Waals surface area contributed by atoms with Gasteiger partial charge in [-0.2, -0.15) is 0 Å². The van der Waals surface area contributed by atoms with Gasteiger partial charge in [0.15, 0.2) is 11.5 Å². The van der Waals surface area contributed by atoms with Gasteiger partial charge in [0.1, 0.15) is 24.2 Å². The van der Waals surface area contributed by atoms with E-state index in [9.17, 15) is 29.4 Å². The zero-order valence-electron chi connectivity index (χ0n) is 35.6. The van der Waals surface area contributed by atoms with E-state index in [-0.39, 0.29) is 43.6 Å². The Balaban J connectivity index is 1.50. The van der Waals surface area contributed by atoms with Gasteiger partial charge in [-0.05, 0) is 46.4 Å². The number of carbonyl (C=O) groups is 5. The van der Waals surface area contributed by atoms with Gasteiger partial charge in [-0.15, -0.1) is 0 Å². The summed E-state index contributed by atoms with van der Waals surface area (Å²) < 4.78 is 0. The van der Waals surface area contributed by atoms with E-state index < -0.39 is 59.7 Å². The van der Waals surface area contributed by atoms with Crippen LogP contribution in [0.4, 0.5) is 0 Å². The van der Waals surface area contributed by atoms with Gasteiger partial charge in [0.2, 0.25) is 29.5 Å². The summed E-state index contributed by atoms with van der Waals surface area (Å²) in [6, 6.07) is 35.4. The van der Waals surface area contributed by atoms with Crippen molar-refractivity contribution < 1.29 is 34.2 Å². The number of primary amides is 1. The second-order valence-electron chi connectivity index (χ2n) is 15.7. The van der Waals surface area contributed by atoms with Gasteiger partial charge in [0.25, 0.3) is 0 Å². The number of nitrogens with two attached hydrogens (primary N) is 2. The van der Waals surface area contributed by atoms with Gasteiger partial charge in [0, 0.05) is 53.9 Å². The van der Waals surface area contributed by atoms with Crippen LogP contribution in [0.1, 0.15) is 27.8 Å². The number of carbonyl (C=O) groups excluding carboxylic acids is 5. The highest BCUT2D eigenvalue weighted by Gasteiger charge is 2.41. The summed E-state index contributed by atoms with van der Waals surface area (Å²) in [4.78, 5) is 77.0. The first kappa shape index (κ1) is 46.1. The topological polar surface area (TPSA) is 191 Å². The number of hydrogen-bond acceptors (Lipinski definition) is 8. The van der Waals surface area contributed by atoms with Crippen LogP contribution in [0.3, 0.4) is 0 Å². The van der Waals surface area contributed by atoms with Crippen LogP contribution in [0.5, 0.6) is 11.5 Å². The predicted molar refractivity (Wildman–Crippen MR) is 237 cm³/mol. The molecule has 13 heteroatoms. The van der Waals surface area contributed by atoms with Gasteiger partial charge in [-0.3, -0.25) is 24.0 Å². The van der Waals surface area contributed by atoms with Gasteiger partial charge in [-0.1, -0.05) is 127 Å². The second kappa shape index (κ2) is 21.5. The molecule has 0 aliphatic heterocycles. The fraction of sp³-hybridized carbons (Fsp3) is 0.286. The molecular weight excluding hydrogens is 785 g/mol. The van der Waals surface area contributed by atoms with E-state index in [1.54, 1.807) is 6.07 Å². The van der Waals surface area contributed by atoms with Gasteiger partial charge in [0.05, 0.1) is 6.04 Å². The maximum Gasteiger partial charge on any atom is 0.246 e. The van der Waals surface area contributed by atoms with E-state index in [1.165, 1.54) is 59.9 Å². The number of likely N-dealkylation sites (N-methyl/N-ethyl adjacent to an activating group) is 4. The fourth-order valence-electron chi connectivity index (χ4n) is 7.57. The minimum Gasteiger partial charge on any atom is -0.504 e. The van der Waals surface area contributed by atoms with Crippen molar-refractivity contribution in [2.24, 2.45) is 11.5 Å². The first-order valence-electron chi connectivity index (χ1n) is 20.4. The Morgan fingerprint density at radius 2 is 0.726 bits per heavy atom. The SMILES string of the molecule is CN(C(=O)[C@@H](N)Cc1ccc(O)c(O)c1)[C@@H](Cc1ccccc1)C(=O)N(C)[C@@H](Cc1ccccc1)C(=O)N(C)[C@@H](Cc1ccccc1)C(=O)N(C)[C@@H](Cc1ccccc1)C(N)=O. The van der Waals surface area contributed by atoms with E-state index in [1.807, 2.05) is 121 Å². The van der Waals surface area contributed by atoms with Crippen LogP contribution in [0, 0.1) is 0 Å². The van der Waals surface area contributed by atoms with Crippen LogP contribution < -0.4 is 11.5 Å². The molecule has 0 fully saturated rings. The molecule has 5 aromatic rings. The molecule has 13 nitrogen and oxygen atoms in total. The van der Waals surface area contributed by atoms with Crippen LogP contribution in [0.15, 0.2) is 140 Å². The zero-order valence-corrected chi connectivity index (χ0v) is 35.6. The minimum atomic E-state index is -1.15. The van der Waals surface area contributed by atoms with Gasteiger partial charge >= 0.3 is 0 Å². The Morgan fingerprint density at radius 1 is 0.419 bits per heavy atom. The maximum absolute atomic E-state index is 15.1. The van der Waals surface area contributed by atoms with E-state index in [0.29, 0.717) is 5.56 Å². The molecule has 0 heterocycles. The Morgan fingerprint density at radius 3 is 1.05 bits per heavy atom. The molecule has 5 atom stereocenters. The molecule has 5 aromatic carbocycles. The number of benzene rings is 5. The Kier molecular flexibility index (Phi) is 16.0. The van der Waals surface area contributed by atoms with Crippen molar-refractivity contribution in [1.29, 1.82) is 0 Å². The average molecular weight is 841 g/mol. The standard InChI is InChI=1S/C49H56N6O7/c1-52(39(45(51)58)28-33-17-9-5-10-18-33)47(60)41(30-35-21-13-7-14-22-35)54(3)49(62)42(31-36-23-15-8-16-24-36)55(4)48(61)40(29-34-19-11-6-12-20-34)53(2)46(59)38(50)27-37-25-26-43(56)44(57)32-37/h5-26,32,38-42,56-57H,27-31,50H2,1-4H3,(H2,51,58)/t38-,39-,40-,41-,42-/m0/s1. The van der Waals surface area contributed by atoms with Crippen molar-refractivity contribution in [1.82, 2.24) is 19.6 Å². The molecule has 6 N–H and O–H groups in total. The average Bonchev–Trinajstić information content (AvgIpc) is 3.29. The lowest BCUT2D eigenvalue weighted by Gasteiger charge is -2.39. The van der Waals surface area contributed by atoms with Crippen LogP contribution >= 0.6 is 0 Å². The molecule has 0 aliphatic carbocycles. The van der Waals surface area contributed by atoms with Crippen molar-refractivity contribution in [2.45, 2.75) is 62.3 Å². The number of aromatic hydroxyl groups is 2. The van der Waals surface area contributed by atoms with Crippen molar-refractivity contribution in [3.8, 4) is 11.5 Å². The Hall–Kier alpha value is -6.99. The lowest BCUT2D eigenvalue weighted by Crippen LogP contribution is -2.60. The molecule has 5 amide bonds. The third kappa shape index (κ3) is 11.8. The first-order valence-corrected chi connectivity index (χ1v) is 20.4. The first-order chi connectivity index (χ1) is 29.7. The number of rotatable bonds is 19. The highest BCUT2D eigenvalue weighted by atomic mass is 16.3. The fourth-order valence-corrected chi connectivity index (χ4v) is 7.57. The number of hydrogen-bond donors (Lipinski definition) is 4. The van der Waals surface area contributed by atoms with E-state index in [0.717, 1.165) is 22.3 Å². The molecule has 0 unspecified atom stereocenters. The largest absolute Gasteiger partial charge is 0.504 e. The molecule has 0 saturated carbocycles. The molecule has 0 radical (unpaired) electrons. The molecule has 324 valence electrons. The van der Waals surface area contributed by atoms with Crippen molar-refractivity contribution in [2.75, 3.05) is 28.2 Å². The summed E-state index contributed by atoms with van der Waals surface area (Å²) in [7, 11) is 6.03. The lowest BCUT2D eigenvalue weighted by atomic mass is 9.97. The molecule has 0 bridgehead atoms. The minimum absolute atomic E-state index is 0.00620. The van der Waals surface area contributed by atoms with Crippen molar-refractivity contribution >= 4 is 29.5 Å². The highest BCUT2D eigenvalue weighted by Crippen LogP contribution is 2.26. The van der Waals surface area contributed by atoms with Crippen LogP contribution in [0.2, 0.25) is 0 Å².